The molecule has 8 nitrogen and oxygen atoms in total. The Bertz CT molecular complexity index is 1050. The zero-order valence-corrected chi connectivity index (χ0v) is 14.4. The highest BCUT2D eigenvalue weighted by Crippen LogP contribution is 2.38. The summed E-state index contributed by atoms with van der Waals surface area (Å²) in [7, 11) is -3.20. The largest absolute Gasteiger partial charge is 0.416 e. The highest BCUT2D eigenvalue weighted by Gasteiger charge is 2.34. The molecule has 0 saturated carbocycles. The average molecular weight is 409 g/mol. The first kappa shape index (κ1) is 18.5. The van der Waals surface area contributed by atoms with Gasteiger partial charge in [-0.15, -0.1) is 0 Å². The Labute approximate surface area is 147 Å². The van der Waals surface area contributed by atoms with Crippen LogP contribution >= 0.6 is 11.3 Å². The van der Waals surface area contributed by atoms with Gasteiger partial charge in [0.2, 0.25) is 0 Å². The minimum atomic E-state index is -4.85. The van der Waals surface area contributed by atoms with E-state index in [1.807, 2.05) is 0 Å². The fourth-order valence-corrected chi connectivity index (χ4v) is 4.80. The topological polar surface area (TPSA) is 110 Å². The van der Waals surface area contributed by atoms with E-state index >= 15 is 0 Å². The van der Waals surface area contributed by atoms with Crippen LogP contribution in [-0.2, 0) is 16.0 Å². The minimum absolute atomic E-state index is 0.0419. The standard InChI is InChI=1S/C13H10F3N3O5S2/c14-13(15,16)7-5-8-10(9(6-7)19(21)22)25-12(17-11(8)20)18-1-3-26(23,24)4-2-18/h5-6H,1-4H2. The Kier molecular flexibility index (Phi) is 4.38. The van der Waals surface area contributed by atoms with Crippen molar-refractivity contribution in [2.45, 2.75) is 6.18 Å². The van der Waals surface area contributed by atoms with E-state index in [2.05, 4.69) is 4.98 Å². The van der Waals surface area contributed by atoms with Crippen molar-refractivity contribution in [1.29, 1.82) is 0 Å². The molecule has 13 heteroatoms. The van der Waals surface area contributed by atoms with Crippen LogP contribution < -0.4 is 10.5 Å². The summed E-state index contributed by atoms with van der Waals surface area (Å²) >= 11 is 0.693. The van der Waals surface area contributed by atoms with Crippen molar-refractivity contribution in [3.05, 3.63) is 38.2 Å². The third-order valence-electron chi connectivity index (χ3n) is 3.83. The fourth-order valence-electron chi connectivity index (χ4n) is 2.48. The number of benzene rings is 1. The highest BCUT2D eigenvalue weighted by atomic mass is 32.2. The molecule has 0 spiro atoms. The van der Waals surface area contributed by atoms with Crippen LogP contribution in [0, 0.1) is 10.1 Å². The summed E-state index contributed by atoms with van der Waals surface area (Å²) in [4.78, 5) is 27.6. The summed E-state index contributed by atoms with van der Waals surface area (Å²) in [5.41, 5.74) is -3.18. The molecule has 0 bridgehead atoms. The van der Waals surface area contributed by atoms with Crippen LogP contribution in [0.15, 0.2) is 16.9 Å². The van der Waals surface area contributed by atoms with Gasteiger partial charge < -0.3 is 4.90 Å². The van der Waals surface area contributed by atoms with Crippen molar-refractivity contribution < 1.29 is 26.5 Å². The van der Waals surface area contributed by atoms with Crippen molar-refractivity contribution in [3.63, 3.8) is 0 Å². The molecule has 1 fully saturated rings. The van der Waals surface area contributed by atoms with E-state index in [0.29, 0.717) is 23.5 Å². The molecule has 2 aromatic rings. The number of nitro groups is 1. The lowest BCUT2D eigenvalue weighted by Crippen LogP contribution is -2.40. The molecule has 1 aromatic carbocycles. The van der Waals surface area contributed by atoms with E-state index in [1.165, 1.54) is 4.90 Å². The Morgan fingerprint density at radius 1 is 1.23 bits per heavy atom. The average Bonchev–Trinajstić information content (AvgIpc) is 2.52. The van der Waals surface area contributed by atoms with Crippen molar-refractivity contribution in [2.24, 2.45) is 0 Å². The number of aromatic nitrogens is 1. The summed E-state index contributed by atoms with van der Waals surface area (Å²) in [5.74, 6) is -0.328. The molecule has 26 heavy (non-hydrogen) atoms. The molecule has 1 aliphatic heterocycles. The molecular weight excluding hydrogens is 399 g/mol. The van der Waals surface area contributed by atoms with Gasteiger partial charge in [-0.1, -0.05) is 11.3 Å². The number of nitrogens with zero attached hydrogens (tertiary/aromatic N) is 3. The number of non-ortho nitro benzene ring substituents is 1. The zero-order valence-electron chi connectivity index (χ0n) is 12.8. The fraction of sp³-hybridized carbons (Fsp3) is 0.385. The molecule has 1 saturated heterocycles. The maximum Gasteiger partial charge on any atom is 0.416 e. The van der Waals surface area contributed by atoms with Gasteiger partial charge in [0.1, 0.15) is 4.70 Å². The van der Waals surface area contributed by atoms with Gasteiger partial charge in [0, 0.05) is 19.2 Å². The minimum Gasteiger partial charge on any atom is -0.346 e. The number of sulfone groups is 1. The predicted octanol–water partition coefficient (Wildman–Crippen LogP) is 1.82. The van der Waals surface area contributed by atoms with Gasteiger partial charge in [0.05, 0.1) is 27.4 Å². The van der Waals surface area contributed by atoms with Gasteiger partial charge in [-0.25, -0.2) is 8.42 Å². The number of nitro benzene ring substituents is 1. The molecule has 3 rings (SSSR count). The zero-order chi connectivity index (χ0) is 19.3. The smallest absolute Gasteiger partial charge is 0.346 e. The number of alkyl halides is 3. The first-order valence-electron chi connectivity index (χ1n) is 7.14. The number of rotatable bonds is 2. The van der Waals surface area contributed by atoms with Crippen molar-refractivity contribution >= 4 is 42.1 Å². The van der Waals surface area contributed by atoms with E-state index in [1.54, 1.807) is 0 Å². The predicted molar refractivity (Wildman–Crippen MR) is 88.4 cm³/mol. The van der Waals surface area contributed by atoms with Gasteiger partial charge >= 0.3 is 6.18 Å². The van der Waals surface area contributed by atoms with Crippen molar-refractivity contribution in [3.8, 4) is 0 Å². The number of hydrogen-bond donors (Lipinski definition) is 0. The van der Waals surface area contributed by atoms with E-state index in [0.717, 1.165) is 0 Å². The lowest BCUT2D eigenvalue weighted by Gasteiger charge is -2.26. The Morgan fingerprint density at radius 3 is 2.38 bits per heavy atom. The van der Waals surface area contributed by atoms with Gasteiger partial charge in [-0.05, 0) is 6.07 Å². The maximum absolute atomic E-state index is 12.9. The monoisotopic (exact) mass is 409 g/mol. The van der Waals surface area contributed by atoms with Gasteiger partial charge in [0.15, 0.2) is 15.0 Å². The van der Waals surface area contributed by atoms with Crippen LogP contribution in [0.2, 0.25) is 0 Å². The van der Waals surface area contributed by atoms with Crippen LogP contribution in [0.5, 0.6) is 0 Å². The second-order valence-corrected chi connectivity index (χ2v) is 8.85. The van der Waals surface area contributed by atoms with E-state index in [-0.39, 0.29) is 34.4 Å². The Morgan fingerprint density at radius 2 is 1.85 bits per heavy atom. The quantitative estimate of drug-likeness (QED) is 0.549. The normalized spacial score (nSPS) is 17.4. The summed E-state index contributed by atoms with van der Waals surface area (Å²) in [5, 5.41) is 10.8. The van der Waals surface area contributed by atoms with Gasteiger partial charge in [-0.3, -0.25) is 14.9 Å². The highest BCUT2D eigenvalue weighted by molar-refractivity contribution is 7.91. The van der Waals surface area contributed by atoms with Gasteiger partial charge in [-0.2, -0.15) is 18.2 Å². The van der Waals surface area contributed by atoms with Crippen LogP contribution in [0.25, 0.3) is 10.1 Å². The molecule has 1 aromatic heterocycles. The number of anilines is 1. The molecule has 0 aliphatic carbocycles. The first-order chi connectivity index (χ1) is 12.0. The second-order valence-electron chi connectivity index (χ2n) is 5.57. The molecular formula is C13H10F3N3O5S2. The van der Waals surface area contributed by atoms with E-state index in [4.69, 9.17) is 0 Å². The van der Waals surface area contributed by atoms with Gasteiger partial charge in [0.25, 0.3) is 11.2 Å². The van der Waals surface area contributed by atoms with Crippen LogP contribution in [0.4, 0.5) is 24.0 Å². The Balaban J connectivity index is 2.18. The van der Waals surface area contributed by atoms with Crippen molar-refractivity contribution in [2.75, 3.05) is 29.5 Å². The Hall–Kier alpha value is -2.28. The van der Waals surface area contributed by atoms with Crippen LogP contribution in [-0.4, -0.2) is 42.9 Å². The van der Waals surface area contributed by atoms with E-state index in [9.17, 15) is 36.5 Å². The summed E-state index contributed by atoms with van der Waals surface area (Å²) in [6.07, 6.45) is -4.85. The number of fused-ring (bicyclic) bond motifs is 1. The number of hydrogen-bond acceptors (Lipinski definition) is 8. The summed E-state index contributed by atoms with van der Waals surface area (Å²) < 4.78 is 61.5. The third-order valence-corrected chi connectivity index (χ3v) is 6.60. The lowest BCUT2D eigenvalue weighted by molar-refractivity contribution is -0.383. The summed E-state index contributed by atoms with van der Waals surface area (Å²) in [6, 6.07) is 0.918. The van der Waals surface area contributed by atoms with Crippen molar-refractivity contribution in [1.82, 2.24) is 4.98 Å². The van der Waals surface area contributed by atoms with E-state index < -0.39 is 43.1 Å². The summed E-state index contributed by atoms with van der Waals surface area (Å²) in [6.45, 7) is 0.0937. The first-order valence-corrected chi connectivity index (χ1v) is 9.77. The molecule has 0 amide bonds. The molecule has 0 unspecified atom stereocenters. The van der Waals surface area contributed by atoms with Crippen LogP contribution in [0.1, 0.15) is 5.56 Å². The molecule has 1 aliphatic rings. The molecule has 0 atom stereocenters. The molecule has 0 radical (unpaired) electrons. The van der Waals surface area contributed by atoms with Crippen LogP contribution in [0.3, 0.4) is 0 Å². The maximum atomic E-state index is 12.9. The molecule has 2 heterocycles. The second kappa shape index (κ2) is 6.16. The third kappa shape index (κ3) is 3.49. The molecule has 140 valence electrons. The lowest BCUT2D eigenvalue weighted by atomic mass is 10.1. The molecule has 0 N–H and O–H groups in total. The SMILES string of the molecule is O=c1nc(N2CCS(=O)(=O)CC2)sc2c([N+](=O)[O-])cc(C(F)(F)F)cc12. The number of halogens is 3.